The second kappa shape index (κ2) is 7.45. The summed E-state index contributed by atoms with van der Waals surface area (Å²) < 4.78 is 10.7. The molecule has 0 radical (unpaired) electrons. The number of hydrogen-bond donors (Lipinski definition) is 1. The Morgan fingerprint density at radius 1 is 1.15 bits per heavy atom. The summed E-state index contributed by atoms with van der Waals surface area (Å²) in [4.78, 5) is 17.5. The molecule has 0 unspecified atom stereocenters. The average molecular weight is 359 g/mol. The van der Waals surface area contributed by atoms with Gasteiger partial charge in [0.1, 0.15) is 0 Å². The van der Waals surface area contributed by atoms with Gasteiger partial charge in [0.2, 0.25) is 12.7 Å². The van der Waals surface area contributed by atoms with Gasteiger partial charge in [-0.15, -0.1) is 0 Å². The predicted octanol–water partition coefficient (Wildman–Crippen LogP) is 1.98. The van der Waals surface area contributed by atoms with E-state index >= 15 is 0 Å². The lowest BCUT2D eigenvalue weighted by Gasteiger charge is -2.52. The highest BCUT2D eigenvalue weighted by atomic mass is 16.7. The maximum Gasteiger partial charge on any atom is 0.234 e. The summed E-state index contributed by atoms with van der Waals surface area (Å²) in [7, 11) is 2.20. The molecule has 1 amide bonds. The minimum atomic E-state index is 0.108. The molecule has 3 aliphatic rings. The molecule has 1 saturated heterocycles. The highest BCUT2D eigenvalue weighted by Gasteiger charge is 2.41. The van der Waals surface area contributed by atoms with Gasteiger partial charge in [0.25, 0.3) is 0 Å². The number of carbonyl (C=O) groups excluding carboxylic acids is 1. The summed E-state index contributed by atoms with van der Waals surface area (Å²) in [5, 5.41) is 3.08. The lowest BCUT2D eigenvalue weighted by molar-refractivity contribution is -0.126. The molecule has 2 heterocycles. The lowest BCUT2D eigenvalue weighted by atomic mass is 9.78. The number of carbonyl (C=O) groups is 1. The van der Waals surface area contributed by atoms with E-state index in [1.807, 2.05) is 18.2 Å². The van der Waals surface area contributed by atoms with Crippen LogP contribution < -0.4 is 14.8 Å². The molecule has 0 aromatic heterocycles. The van der Waals surface area contributed by atoms with Crippen molar-refractivity contribution in [2.45, 2.75) is 44.2 Å². The SMILES string of the molecule is CN1CCN(CC(=O)NCc2ccc3c(c2)OCO3)C2(CCCCC2)C1. The molecule has 142 valence electrons. The molecule has 0 atom stereocenters. The number of nitrogens with one attached hydrogen (secondary N) is 1. The van der Waals surface area contributed by atoms with Crippen molar-refractivity contribution in [2.75, 3.05) is 40.0 Å². The van der Waals surface area contributed by atoms with Crippen LogP contribution >= 0.6 is 0 Å². The third kappa shape index (κ3) is 3.67. The monoisotopic (exact) mass is 359 g/mol. The molecule has 1 spiro atoms. The third-order valence-corrected chi connectivity index (χ3v) is 6.03. The largest absolute Gasteiger partial charge is 0.454 e. The van der Waals surface area contributed by atoms with Gasteiger partial charge < -0.3 is 19.7 Å². The fourth-order valence-corrected chi connectivity index (χ4v) is 4.62. The van der Waals surface area contributed by atoms with Crippen molar-refractivity contribution in [2.24, 2.45) is 0 Å². The Balaban J connectivity index is 1.34. The van der Waals surface area contributed by atoms with Gasteiger partial charge in [0.15, 0.2) is 11.5 Å². The number of amides is 1. The van der Waals surface area contributed by atoms with E-state index in [1.54, 1.807) is 0 Å². The number of fused-ring (bicyclic) bond motifs is 1. The lowest BCUT2D eigenvalue weighted by Crippen LogP contribution is -2.63. The average Bonchev–Trinajstić information content (AvgIpc) is 3.11. The van der Waals surface area contributed by atoms with Crippen molar-refractivity contribution < 1.29 is 14.3 Å². The van der Waals surface area contributed by atoms with Crippen molar-refractivity contribution in [3.8, 4) is 11.5 Å². The smallest absolute Gasteiger partial charge is 0.234 e. The maximum absolute atomic E-state index is 12.6. The van der Waals surface area contributed by atoms with E-state index in [-0.39, 0.29) is 18.2 Å². The number of piperazine rings is 1. The van der Waals surface area contributed by atoms with Crippen LogP contribution in [0.1, 0.15) is 37.7 Å². The normalized spacial score (nSPS) is 22.5. The Morgan fingerprint density at radius 2 is 1.96 bits per heavy atom. The number of rotatable bonds is 4. The molecule has 4 rings (SSSR count). The van der Waals surface area contributed by atoms with Gasteiger partial charge in [-0.05, 0) is 37.6 Å². The molecule has 26 heavy (non-hydrogen) atoms. The van der Waals surface area contributed by atoms with Crippen LogP contribution in [-0.2, 0) is 11.3 Å². The van der Waals surface area contributed by atoms with Crippen LogP contribution in [0.4, 0.5) is 0 Å². The molecule has 1 aliphatic carbocycles. The fraction of sp³-hybridized carbons (Fsp3) is 0.650. The van der Waals surface area contributed by atoms with Crippen molar-refractivity contribution in [1.82, 2.24) is 15.1 Å². The minimum absolute atomic E-state index is 0.108. The first-order valence-corrected chi connectivity index (χ1v) is 9.73. The molecular weight excluding hydrogens is 330 g/mol. The van der Waals surface area contributed by atoms with Crippen molar-refractivity contribution >= 4 is 5.91 Å². The maximum atomic E-state index is 12.6. The van der Waals surface area contributed by atoms with Gasteiger partial charge in [-0.1, -0.05) is 25.3 Å². The first kappa shape index (κ1) is 17.6. The van der Waals surface area contributed by atoms with Gasteiger partial charge in [0, 0.05) is 31.7 Å². The second-order valence-corrected chi connectivity index (χ2v) is 7.91. The van der Waals surface area contributed by atoms with Crippen LogP contribution in [0.3, 0.4) is 0 Å². The van der Waals surface area contributed by atoms with E-state index in [2.05, 4.69) is 22.2 Å². The molecule has 0 bridgehead atoms. The van der Waals surface area contributed by atoms with Gasteiger partial charge in [-0.25, -0.2) is 0 Å². The van der Waals surface area contributed by atoms with Crippen LogP contribution in [0.5, 0.6) is 11.5 Å². The summed E-state index contributed by atoms with van der Waals surface area (Å²) in [6, 6.07) is 5.83. The van der Waals surface area contributed by atoms with Crippen LogP contribution in [0.25, 0.3) is 0 Å². The molecule has 2 fully saturated rings. The number of benzene rings is 1. The minimum Gasteiger partial charge on any atom is -0.454 e. The topological polar surface area (TPSA) is 54.0 Å². The Bertz CT molecular complexity index is 658. The van der Waals surface area contributed by atoms with E-state index in [0.29, 0.717) is 13.1 Å². The zero-order valence-electron chi connectivity index (χ0n) is 15.6. The summed E-state index contributed by atoms with van der Waals surface area (Å²) >= 11 is 0. The summed E-state index contributed by atoms with van der Waals surface area (Å²) in [6.07, 6.45) is 6.32. The van der Waals surface area contributed by atoms with Gasteiger partial charge in [0.05, 0.1) is 6.54 Å². The molecule has 6 heteroatoms. The van der Waals surface area contributed by atoms with Crippen molar-refractivity contribution in [3.05, 3.63) is 23.8 Å². The molecule has 1 aromatic carbocycles. The molecule has 1 saturated carbocycles. The number of ether oxygens (including phenoxy) is 2. The van der Waals surface area contributed by atoms with Gasteiger partial charge >= 0.3 is 0 Å². The summed E-state index contributed by atoms with van der Waals surface area (Å²) in [6.45, 7) is 4.40. The Morgan fingerprint density at radius 3 is 2.81 bits per heavy atom. The number of nitrogens with zero attached hydrogens (tertiary/aromatic N) is 2. The standard InChI is InChI=1S/C20H29N3O3/c1-22-9-10-23(20(14-22)7-3-2-4-8-20)13-19(24)21-12-16-5-6-17-18(11-16)26-15-25-17/h5-6,11H,2-4,7-10,12-15H2,1H3,(H,21,24). The molecular formula is C20H29N3O3. The molecule has 6 nitrogen and oxygen atoms in total. The van der Waals surface area contributed by atoms with Crippen molar-refractivity contribution in [1.29, 1.82) is 0 Å². The van der Waals surface area contributed by atoms with Crippen LogP contribution in [0.2, 0.25) is 0 Å². The Kier molecular flexibility index (Phi) is 5.05. The van der Waals surface area contributed by atoms with Crippen LogP contribution in [-0.4, -0.2) is 61.3 Å². The molecule has 1 aromatic rings. The van der Waals surface area contributed by atoms with E-state index in [0.717, 1.165) is 36.7 Å². The first-order chi connectivity index (χ1) is 12.6. The van der Waals surface area contributed by atoms with Gasteiger partial charge in [-0.3, -0.25) is 9.69 Å². The van der Waals surface area contributed by atoms with E-state index < -0.39 is 0 Å². The summed E-state index contributed by atoms with van der Waals surface area (Å²) in [5.74, 6) is 1.64. The molecule has 2 aliphatic heterocycles. The zero-order chi connectivity index (χ0) is 18.0. The first-order valence-electron chi connectivity index (χ1n) is 9.73. The molecule has 1 N–H and O–H groups in total. The number of hydrogen-bond acceptors (Lipinski definition) is 5. The highest BCUT2D eigenvalue weighted by Crippen LogP contribution is 2.36. The fourth-order valence-electron chi connectivity index (χ4n) is 4.62. The van der Waals surface area contributed by atoms with E-state index in [9.17, 15) is 4.79 Å². The van der Waals surface area contributed by atoms with Crippen molar-refractivity contribution in [3.63, 3.8) is 0 Å². The van der Waals surface area contributed by atoms with Gasteiger partial charge in [-0.2, -0.15) is 0 Å². The van der Waals surface area contributed by atoms with E-state index in [4.69, 9.17) is 9.47 Å². The highest BCUT2D eigenvalue weighted by molar-refractivity contribution is 5.78. The second-order valence-electron chi connectivity index (χ2n) is 7.91. The quantitative estimate of drug-likeness (QED) is 0.891. The van der Waals surface area contributed by atoms with Crippen LogP contribution in [0, 0.1) is 0 Å². The Hall–Kier alpha value is -1.79. The third-order valence-electron chi connectivity index (χ3n) is 6.03. The zero-order valence-corrected chi connectivity index (χ0v) is 15.6. The summed E-state index contributed by atoms with van der Waals surface area (Å²) in [5.41, 5.74) is 1.23. The predicted molar refractivity (Wildman–Crippen MR) is 99.3 cm³/mol. The van der Waals surface area contributed by atoms with Crippen LogP contribution in [0.15, 0.2) is 18.2 Å². The Labute approximate surface area is 155 Å². The van der Waals surface area contributed by atoms with E-state index in [1.165, 1.54) is 32.1 Å². The number of likely N-dealkylation sites (N-methyl/N-ethyl adjacent to an activating group) is 1.